The second-order valence-corrected chi connectivity index (χ2v) is 16.8. The van der Waals surface area contributed by atoms with Gasteiger partial charge < -0.3 is 0 Å². The first kappa shape index (κ1) is 42.4. The van der Waals surface area contributed by atoms with Crippen molar-refractivity contribution in [3.05, 3.63) is 0 Å². The summed E-state index contributed by atoms with van der Waals surface area (Å²) in [6, 6.07) is 0. The lowest BCUT2D eigenvalue weighted by Crippen LogP contribution is -2.19. The third-order valence-electron chi connectivity index (χ3n) is 2.45. The van der Waals surface area contributed by atoms with Gasteiger partial charge in [0.25, 0.3) is 0 Å². The van der Waals surface area contributed by atoms with Crippen molar-refractivity contribution in [2.75, 3.05) is 15.1 Å². The van der Waals surface area contributed by atoms with Crippen molar-refractivity contribution >= 4 is 110 Å². The van der Waals surface area contributed by atoms with Crippen molar-refractivity contribution in [3.8, 4) is 0 Å². The van der Waals surface area contributed by atoms with Crippen LogP contribution in [-0.4, -0.2) is 34.8 Å². The second-order valence-electron chi connectivity index (χ2n) is 6.60. The highest BCUT2D eigenvalue weighted by Gasteiger charge is 2.35. The predicted molar refractivity (Wildman–Crippen MR) is 154 cm³/mol. The van der Waals surface area contributed by atoms with E-state index in [1.807, 2.05) is 22.6 Å². The molecule has 0 aromatic heterocycles. The average molecular weight is 942 g/mol. The van der Waals surface area contributed by atoms with Gasteiger partial charge in [-0.05, 0) is 12.8 Å². The van der Waals surface area contributed by atoms with Gasteiger partial charge >= 0.3 is 12.4 Å². The zero-order valence-electron chi connectivity index (χ0n) is 17.4. The normalized spacial score (nSPS) is 13.0. The molecule has 0 spiro atoms. The molecule has 0 aliphatic heterocycles. The zero-order valence-corrected chi connectivity index (χ0v) is 28.8. The number of hydrogen-bond acceptors (Lipinski definition) is 0. The van der Waals surface area contributed by atoms with Gasteiger partial charge in [0.2, 0.25) is 0 Å². The predicted octanol–water partition coefficient (Wildman–Crippen LogP) is 11.6. The van der Waals surface area contributed by atoms with E-state index in [1.165, 1.54) is 13.8 Å². The van der Waals surface area contributed by atoms with E-state index in [1.54, 1.807) is 6.92 Å². The van der Waals surface area contributed by atoms with Crippen molar-refractivity contribution in [1.82, 2.24) is 0 Å². The van der Waals surface area contributed by atoms with Crippen LogP contribution in [0.3, 0.4) is 0 Å². The molecule has 0 aliphatic carbocycles. The Kier molecular flexibility index (Phi) is 37.8. The van der Waals surface area contributed by atoms with Crippen LogP contribution in [0.2, 0.25) is 19.6 Å². The summed E-state index contributed by atoms with van der Waals surface area (Å²) in [5, 5.41) is 2.10. The first-order valence-corrected chi connectivity index (χ1v) is 23.1. The third kappa shape index (κ3) is 54.0. The highest BCUT2D eigenvalue weighted by atomic mass is 128. The molecule has 0 heterocycles. The summed E-state index contributed by atoms with van der Waals surface area (Å²) in [4.78, 5) is 0. The molecular weight excluding hydrogens is 910 g/mol. The number of hydrogen-bond donors (Lipinski definition) is 0. The molecule has 0 fully saturated rings. The maximum atomic E-state index is 11.6. The van der Waals surface area contributed by atoms with Crippen LogP contribution in [0.4, 0.5) is 26.3 Å². The van der Waals surface area contributed by atoms with Gasteiger partial charge in [-0.1, -0.05) is 101 Å². The van der Waals surface area contributed by atoms with Crippen LogP contribution >= 0.6 is 103 Å². The first-order chi connectivity index (χ1) is 12.9. The summed E-state index contributed by atoms with van der Waals surface area (Å²) in [5.74, 6) is -2.28. The maximum absolute atomic E-state index is 11.6. The molecule has 0 amide bonds. The molecule has 0 bridgehead atoms. The van der Waals surface area contributed by atoms with Gasteiger partial charge in [0, 0.05) is 52.3 Å². The maximum Gasteiger partial charge on any atom is 0.391 e. The molecule has 0 aromatic carbocycles. The summed E-state index contributed by atoms with van der Waals surface area (Å²) in [6.07, 6.45) is -6.92. The quantitative estimate of drug-likeness (QED) is 0.0847. The monoisotopic (exact) mass is 940 g/mol. The van der Waals surface area contributed by atoms with Gasteiger partial charge in [0.15, 0.2) is 0 Å². The van der Waals surface area contributed by atoms with Crippen LogP contribution in [0.5, 0.6) is 0 Å². The molecule has 13 heteroatoms. The zero-order chi connectivity index (χ0) is 24.9. The van der Waals surface area contributed by atoms with E-state index in [9.17, 15) is 26.3 Å². The van der Waals surface area contributed by atoms with E-state index < -0.39 is 31.6 Å². The van der Waals surface area contributed by atoms with Gasteiger partial charge in [-0.3, -0.25) is 0 Å². The standard InChI is InChI=1S/C6H11F3.C5H8F3I.C3H9ClSi.C2H4Br2.I2/c1-3-4-5(2)6(7,8)9;1-4(2-3-9)5(6,7)8;1-5(2,3)4;3-1-2-4;1-2/h5H,3-4H2,1-2H3;4H,2-3H2,1H3;1-3H3;1-2H2;. The lowest BCUT2D eigenvalue weighted by molar-refractivity contribution is -0.171. The van der Waals surface area contributed by atoms with E-state index in [2.05, 4.69) is 88.7 Å². The SMILES string of the molecule is BrCCBr.CC(CCI)C(F)(F)F.CCCC(C)C(F)(F)F.C[Si](C)(C)Cl.II. The van der Waals surface area contributed by atoms with Crippen LogP contribution in [0.25, 0.3) is 0 Å². The van der Waals surface area contributed by atoms with Gasteiger partial charge in [0.1, 0.15) is 7.38 Å². The highest BCUT2D eigenvalue weighted by molar-refractivity contribution is 15.0. The molecule has 0 aliphatic rings. The van der Waals surface area contributed by atoms with Crippen molar-refractivity contribution in [2.45, 2.75) is 72.0 Å². The first-order valence-electron chi connectivity index (χ1n) is 8.52. The molecule has 29 heavy (non-hydrogen) atoms. The molecule has 0 radical (unpaired) electrons. The fourth-order valence-electron chi connectivity index (χ4n) is 0.924. The van der Waals surface area contributed by atoms with Gasteiger partial charge in [-0.15, -0.1) is 0 Å². The largest absolute Gasteiger partial charge is 0.391 e. The molecule has 0 nitrogen and oxygen atoms in total. The van der Waals surface area contributed by atoms with Crippen LogP contribution in [0.1, 0.15) is 40.0 Å². The minimum Gasteiger partial charge on any atom is -0.171 e. The average Bonchev–Trinajstić information content (AvgIpc) is 2.55. The fourth-order valence-corrected chi connectivity index (χ4v) is 1.86. The van der Waals surface area contributed by atoms with Gasteiger partial charge in [0.05, 0.1) is 11.8 Å². The summed E-state index contributed by atoms with van der Waals surface area (Å²) in [5.41, 5.74) is 0. The minimum atomic E-state index is -3.99. The Morgan fingerprint density at radius 3 is 1.14 bits per heavy atom. The summed E-state index contributed by atoms with van der Waals surface area (Å²) in [6.45, 7) is 10.4. The van der Waals surface area contributed by atoms with Crippen molar-refractivity contribution < 1.29 is 26.3 Å². The Labute approximate surface area is 232 Å². The van der Waals surface area contributed by atoms with Gasteiger partial charge in [-0.25, -0.2) is 0 Å². The lowest BCUT2D eigenvalue weighted by Gasteiger charge is -2.13. The number of alkyl halides is 9. The van der Waals surface area contributed by atoms with E-state index in [0.29, 0.717) is 10.8 Å². The van der Waals surface area contributed by atoms with Crippen LogP contribution in [-0.2, 0) is 0 Å². The molecule has 184 valence electrons. The van der Waals surface area contributed by atoms with E-state index in [0.717, 1.165) is 10.7 Å². The summed E-state index contributed by atoms with van der Waals surface area (Å²) >= 11 is 18.3. The summed E-state index contributed by atoms with van der Waals surface area (Å²) in [7, 11) is -1.14. The third-order valence-corrected chi connectivity index (χ3v) is 4.93. The van der Waals surface area contributed by atoms with Crippen molar-refractivity contribution in [2.24, 2.45) is 11.8 Å². The molecule has 0 rings (SSSR count). The van der Waals surface area contributed by atoms with Crippen molar-refractivity contribution in [3.63, 3.8) is 0 Å². The molecule has 0 saturated carbocycles. The summed E-state index contributed by atoms with van der Waals surface area (Å²) < 4.78 is 70.4. The van der Waals surface area contributed by atoms with E-state index in [4.69, 9.17) is 11.1 Å². The van der Waals surface area contributed by atoms with Crippen LogP contribution < -0.4 is 0 Å². The molecule has 0 N–H and O–H groups in total. The topological polar surface area (TPSA) is 0 Å². The highest BCUT2D eigenvalue weighted by Crippen LogP contribution is 2.29. The Morgan fingerprint density at radius 1 is 0.828 bits per heavy atom. The Hall–Kier alpha value is 3.24. The van der Waals surface area contributed by atoms with E-state index >= 15 is 0 Å². The minimum absolute atomic E-state index is 0.226. The number of halogens is 12. The second kappa shape index (κ2) is 25.9. The molecule has 0 aromatic rings. The lowest BCUT2D eigenvalue weighted by atomic mass is 10.1. The van der Waals surface area contributed by atoms with Gasteiger partial charge in [-0.2, -0.15) is 37.4 Å². The molecule has 2 unspecified atom stereocenters. The van der Waals surface area contributed by atoms with Crippen molar-refractivity contribution in [1.29, 1.82) is 0 Å². The van der Waals surface area contributed by atoms with E-state index in [-0.39, 0.29) is 12.8 Å². The molecule has 0 saturated heterocycles. The van der Waals surface area contributed by atoms with Crippen LogP contribution in [0.15, 0.2) is 0 Å². The Balaban J connectivity index is -0.0000000899. The Morgan fingerprint density at radius 2 is 1.07 bits per heavy atom. The molecular formula is C16H32Br2ClF6I3Si. The molecule has 2 atom stereocenters. The fraction of sp³-hybridized carbons (Fsp3) is 1.00. The van der Waals surface area contributed by atoms with Crippen LogP contribution in [0, 0.1) is 11.8 Å². The smallest absolute Gasteiger partial charge is 0.171 e. The number of rotatable bonds is 5. The Bertz CT molecular complexity index is 291.